The van der Waals surface area contributed by atoms with Crippen LogP contribution < -0.4 is 26.2 Å². The zero-order valence-corrected chi connectivity index (χ0v) is 53.6. The Labute approximate surface area is 552 Å². The number of rotatable bonds is 7. The molecule has 0 N–H and O–H groups in total. The van der Waals surface area contributed by atoms with Gasteiger partial charge in [0.15, 0.2) is 0 Å². The van der Waals surface area contributed by atoms with Crippen LogP contribution in [0.1, 0.15) is 97.0 Å². The molecule has 0 aliphatic carbocycles. The number of para-hydroxylation sites is 4. The maximum absolute atomic E-state index is 12.2. The zero-order chi connectivity index (χ0) is 68.2. The van der Waals surface area contributed by atoms with Crippen molar-refractivity contribution in [3.63, 3.8) is 0 Å². The molecule has 0 unspecified atom stereocenters. The maximum Gasteiger partial charge on any atom is 0.252 e. The number of anilines is 6. The van der Waals surface area contributed by atoms with Crippen LogP contribution in [0.4, 0.5) is 34.1 Å². The Bertz CT molecular complexity index is 5660. The van der Waals surface area contributed by atoms with Gasteiger partial charge in [0.2, 0.25) is 0 Å². The van der Waals surface area contributed by atoms with Crippen molar-refractivity contribution in [2.75, 3.05) is 9.80 Å². The number of benzene rings is 12. The van der Waals surface area contributed by atoms with E-state index in [1.807, 2.05) is 48.5 Å². The van der Waals surface area contributed by atoms with Crippen molar-refractivity contribution < 1.29 is 6.85 Å². The van der Waals surface area contributed by atoms with Gasteiger partial charge in [-0.05, 0) is 162 Å². The average molecular weight is 1200 g/mol. The average Bonchev–Trinajstić information content (AvgIpc) is 0.890. The standard InChI is InChI=1S/C86H69BN6/c1-84(2,3)61-39-34-55(35-40-61)60-48-81-83-82(49-60)93(77-33-21-32-76(69(77)53-89)91-72-28-17-13-24-65(72)66-25-14-18-29-73(66)91)80-47-57(59-44-62(85(4,5)6)50-63(45-59)86(7,8)9)38-43-71(80)87(83)70-42-37-56(54-22-11-10-12-23-54)46-79(70)90(81)64-41-36-58(52-88)78(51-64)92-74-30-19-15-26-67(74)68-27-16-20-31-75(68)92/h10-51H,1-9H3/i10D,11D,12D,22D,23D. The first kappa shape index (κ1) is 51.6. The fourth-order valence-electron chi connectivity index (χ4n) is 14.6. The molecule has 14 aromatic rings. The molecule has 2 aromatic heterocycles. The van der Waals surface area contributed by atoms with Gasteiger partial charge in [0.25, 0.3) is 6.71 Å². The molecule has 0 bridgehead atoms. The molecule has 0 saturated heterocycles. The summed E-state index contributed by atoms with van der Waals surface area (Å²) in [5.74, 6) is 0. The van der Waals surface area contributed by atoms with Gasteiger partial charge in [-0.2, -0.15) is 10.5 Å². The van der Waals surface area contributed by atoms with Crippen LogP contribution >= 0.6 is 0 Å². The van der Waals surface area contributed by atoms with E-state index in [0.29, 0.717) is 33.8 Å². The fourth-order valence-corrected chi connectivity index (χ4v) is 14.6. The van der Waals surface area contributed by atoms with Gasteiger partial charge in [-0.25, -0.2) is 0 Å². The van der Waals surface area contributed by atoms with Crippen LogP contribution in [0.15, 0.2) is 255 Å². The number of hydrogen-bond donors (Lipinski definition) is 0. The lowest BCUT2D eigenvalue weighted by Crippen LogP contribution is -2.61. The van der Waals surface area contributed by atoms with Crippen LogP contribution in [0.3, 0.4) is 0 Å². The summed E-state index contributed by atoms with van der Waals surface area (Å²) in [6.07, 6.45) is 0. The molecule has 0 fully saturated rings. The van der Waals surface area contributed by atoms with E-state index in [1.165, 1.54) is 16.7 Å². The third-order valence-electron chi connectivity index (χ3n) is 19.3. The topological polar surface area (TPSA) is 63.9 Å². The van der Waals surface area contributed by atoms with E-state index in [1.54, 1.807) is 0 Å². The zero-order valence-electron chi connectivity index (χ0n) is 58.6. The molecule has 4 heterocycles. The molecule has 93 heavy (non-hydrogen) atoms. The van der Waals surface area contributed by atoms with Crippen molar-refractivity contribution in [1.82, 2.24) is 9.13 Å². The monoisotopic (exact) mass is 1200 g/mol. The second-order valence-electron chi connectivity index (χ2n) is 28.0. The number of fused-ring (bicyclic) bond motifs is 10. The van der Waals surface area contributed by atoms with Crippen LogP contribution in [-0.4, -0.2) is 15.8 Å². The molecule has 0 spiro atoms. The van der Waals surface area contributed by atoms with E-state index in [2.05, 4.69) is 269 Å². The minimum absolute atomic E-state index is 0.0860. The smallest absolute Gasteiger partial charge is 0.252 e. The predicted octanol–water partition coefficient (Wildman–Crippen LogP) is 20.6. The number of hydrogen-bond acceptors (Lipinski definition) is 4. The molecule has 0 radical (unpaired) electrons. The lowest BCUT2D eigenvalue weighted by molar-refractivity contribution is 0.569. The highest BCUT2D eigenvalue weighted by molar-refractivity contribution is 7.00. The van der Waals surface area contributed by atoms with Crippen molar-refractivity contribution >= 4 is 101 Å². The summed E-state index contributed by atoms with van der Waals surface area (Å²) in [7, 11) is 0. The molecular weight excluding hydrogens is 1130 g/mol. The van der Waals surface area contributed by atoms with Crippen LogP contribution in [0.2, 0.25) is 0 Å². The van der Waals surface area contributed by atoms with E-state index in [-0.39, 0.29) is 33.9 Å². The molecular formula is C86H69BN6. The summed E-state index contributed by atoms with van der Waals surface area (Å²) in [4.78, 5) is 4.58. The Hall–Kier alpha value is -11.1. The number of nitrogens with zero attached hydrogens (tertiary/aromatic N) is 6. The van der Waals surface area contributed by atoms with Gasteiger partial charge in [-0.15, -0.1) is 0 Å². The Morgan fingerprint density at radius 3 is 1.31 bits per heavy atom. The van der Waals surface area contributed by atoms with Gasteiger partial charge < -0.3 is 18.9 Å². The first-order valence-electron chi connectivity index (χ1n) is 34.5. The normalized spacial score (nSPS) is 13.7. The lowest BCUT2D eigenvalue weighted by Gasteiger charge is -2.45. The molecule has 0 atom stereocenters. The summed E-state index contributed by atoms with van der Waals surface area (Å²) >= 11 is 0. The van der Waals surface area contributed by atoms with Crippen LogP contribution in [-0.2, 0) is 16.2 Å². The van der Waals surface area contributed by atoms with Crippen molar-refractivity contribution in [1.29, 1.82) is 10.5 Å². The van der Waals surface area contributed by atoms with Crippen molar-refractivity contribution in [2.45, 2.75) is 78.6 Å². The van der Waals surface area contributed by atoms with E-state index in [0.717, 1.165) is 111 Å². The van der Waals surface area contributed by atoms with E-state index in [9.17, 15) is 13.3 Å². The van der Waals surface area contributed by atoms with Crippen LogP contribution in [0.25, 0.3) is 88.4 Å². The number of nitriles is 2. The first-order valence-corrected chi connectivity index (χ1v) is 32.0. The van der Waals surface area contributed by atoms with Crippen LogP contribution in [0.5, 0.6) is 0 Å². The van der Waals surface area contributed by atoms with E-state index < -0.39 is 24.8 Å². The van der Waals surface area contributed by atoms with Gasteiger partial charge in [-0.1, -0.05) is 238 Å². The maximum atomic E-state index is 12.2. The third kappa shape index (κ3) is 9.20. The Morgan fingerprint density at radius 1 is 0.344 bits per heavy atom. The van der Waals surface area contributed by atoms with E-state index >= 15 is 0 Å². The SMILES string of the molecule is [2H]c1c([2H])c([2H])c(-c2ccc3c(c2)N(c2ccc(C#N)c(-n4c5ccccc5c5ccccc54)c2)c2cc(-c4ccc(C(C)(C)C)cc4)cc4c2B3c2ccc(-c3cc(C(C)(C)C)cc(C(C)(C)C)c3)cc2N4c2cccc(-n3c4ccccc4c4ccccc43)c2C#N)c([2H])c1[2H]. The van der Waals surface area contributed by atoms with E-state index in [4.69, 9.17) is 4.11 Å². The van der Waals surface area contributed by atoms with Crippen molar-refractivity contribution in [3.8, 4) is 56.9 Å². The van der Waals surface area contributed by atoms with Crippen LogP contribution in [0, 0.1) is 22.7 Å². The summed E-state index contributed by atoms with van der Waals surface area (Å²) in [5.41, 5.74) is 21.3. The highest BCUT2D eigenvalue weighted by Crippen LogP contribution is 2.50. The molecule has 12 aromatic carbocycles. The molecule has 16 rings (SSSR count). The van der Waals surface area contributed by atoms with Gasteiger partial charge in [0.1, 0.15) is 17.7 Å². The fraction of sp³-hybridized carbons (Fsp3) is 0.140. The summed E-state index contributed by atoms with van der Waals surface area (Å²) in [6.45, 7) is 19.8. The molecule has 7 heteroatoms. The molecule has 0 amide bonds. The highest BCUT2D eigenvalue weighted by Gasteiger charge is 2.45. The second kappa shape index (κ2) is 21.2. The van der Waals surface area contributed by atoms with Gasteiger partial charge >= 0.3 is 0 Å². The highest BCUT2D eigenvalue weighted by atomic mass is 15.2. The summed E-state index contributed by atoms with van der Waals surface area (Å²) in [6, 6.07) is 82.2. The largest absolute Gasteiger partial charge is 0.311 e. The Kier molecular flexibility index (Phi) is 11.8. The minimum Gasteiger partial charge on any atom is -0.311 e. The summed E-state index contributed by atoms with van der Waals surface area (Å²) < 4.78 is 49.8. The quantitative estimate of drug-likeness (QED) is 0.149. The summed E-state index contributed by atoms with van der Waals surface area (Å²) in [5, 5.41) is 27.7. The van der Waals surface area contributed by atoms with Crippen molar-refractivity contribution in [2.24, 2.45) is 0 Å². The minimum atomic E-state index is -0.481. The Balaban J connectivity index is 1.05. The Morgan fingerprint density at radius 2 is 0.796 bits per heavy atom. The first-order chi connectivity index (χ1) is 47.0. The molecule has 2 aliphatic heterocycles. The predicted molar refractivity (Wildman–Crippen MR) is 391 cm³/mol. The lowest BCUT2D eigenvalue weighted by atomic mass is 9.33. The number of aromatic nitrogens is 2. The molecule has 0 saturated carbocycles. The van der Waals surface area contributed by atoms with Crippen molar-refractivity contribution in [3.05, 3.63) is 282 Å². The molecule has 6 nitrogen and oxygen atoms in total. The molecule has 2 aliphatic rings. The van der Waals surface area contributed by atoms with Gasteiger partial charge in [0.05, 0.1) is 51.5 Å². The molecule has 446 valence electrons. The third-order valence-corrected chi connectivity index (χ3v) is 19.3. The van der Waals surface area contributed by atoms with Gasteiger partial charge in [0, 0.05) is 50.0 Å². The van der Waals surface area contributed by atoms with Gasteiger partial charge in [-0.3, -0.25) is 0 Å². The second-order valence-corrected chi connectivity index (χ2v) is 28.0.